The molecule has 0 atom stereocenters. The van der Waals surface area contributed by atoms with Crippen LogP contribution < -0.4 is 4.74 Å². The van der Waals surface area contributed by atoms with Crippen molar-refractivity contribution in [2.75, 3.05) is 7.11 Å². The van der Waals surface area contributed by atoms with Crippen LogP contribution >= 0.6 is 11.6 Å². The van der Waals surface area contributed by atoms with Gasteiger partial charge in [0.05, 0.1) is 12.0 Å². The number of non-ortho nitro benzene ring substituents is 1. The molecule has 0 fully saturated rings. The summed E-state index contributed by atoms with van der Waals surface area (Å²) in [5.41, 5.74) is 1.52. The fraction of sp³-hybridized carbons (Fsp3) is 0.0769. The van der Waals surface area contributed by atoms with Gasteiger partial charge in [0.15, 0.2) is 0 Å². The Morgan fingerprint density at radius 3 is 2.39 bits per heavy atom. The zero-order valence-corrected chi connectivity index (χ0v) is 10.3. The van der Waals surface area contributed by atoms with Gasteiger partial charge in [0.1, 0.15) is 5.75 Å². The molecule has 2 aromatic carbocycles. The SMILES string of the molecule is COc1ccc([N+](=O)[O-])cc1-c1ccc(Cl)cc1. The maximum absolute atomic E-state index is 10.8. The van der Waals surface area contributed by atoms with Crippen LogP contribution in [0, 0.1) is 10.1 Å². The van der Waals surface area contributed by atoms with E-state index in [0.29, 0.717) is 16.3 Å². The molecule has 0 aliphatic rings. The summed E-state index contributed by atoms with van der Waals surface area (Å²) in [5.74, 6) is 0.586. The third-order valence-corrected chi connectivity index (χ3v) is 2.80. The predicted octanol–water partition coefficient (Wildman–Crippen LogP) is 3.92. The number of hydrogen-bond acceptors (Lipinski definition) is 3. The molecule has 0 bridgehead atoms. The average Bonchev–Trinajstić information content (AvgIpc) is 2.39. The summed E-state index contributed by atoms with van der Waals surface area (Å²) in [6.45, 7) is 0. The van der Waals surface area contributed by atoms with E-state index in [9.17, 15) is 10.1 Å². The maximum Gasteiger partial charge on any atom is 0.270 e. The van der Waals surface area contributed by atoms with E-state index >= 15 is 0 Å². The third kappa shape index (κ3) is 2.43. The third-order valence-electron chi connectivity index (χ3n) is 2.55. The first-order valence-corrected chi connectivity index (χ1v) is 5.58. The summed E-state index contributed by atoms with van der Waals surface area (Å²) in [4.78, 5) is 10.4. The monoisotopic (exact) mass is 263 g/mol. The van der Waals surface area contributed by atoms with Gasteiger partial charge in [-0.15, -0.1) is 0 Å². The lowest BCUT2D eigenvalue weighted by Gasteiger charge is -2.08. The Labute approximate surface area is 109 Å². The summed E-state index contributed by atoms with van der Waals surface area (Å²) in [7, 11) is 1.53. The number of nitro groups is 1. The molecule has 2 rings (SSSR count). The molecular weight excluding hydrogens is 254 g/mol. The zero-order chi connectivity index (χ0) is 13.1. The molecule has 0 aromatic heterocycles. The second-order valence-electron chi connectivity index (χ2n) is 3.65. The molecule has 0 saturated heterocycles. The van der Waals surface area contributed by atoms with Crippen LogP contribution in [-0.4, -0.2) is 12.0 Å². The van der Waals surface area contributed by atoms with Crippen LogP contribution in [0.5, 0.6) is 5.75 Å². The molecule has 5 heteroatoms. The topological polar surface area (TPSA) is 52.4 Å². The predicted molar refractivity (Wildman–Crippen MR) is 70.1 cm³/mol. The van der Waals surface area contributed by atoms with Gasteiger partial charge >= 0.3 is 0 Å². The van der Waals surface area contributed by atoms with Crippen molar-refractivity contribution in [1.29, 1.82) is 0 Å². The Kier molecular flexibility index (Phi) is 3.48. The molecule has 18 heavy (non-hydrogen) atoms. The number of nitrogens with zero attached hydrogens (tertiary/aromatic N) is 1. The summed E-state index contributed by atoms with van der Waals surface area (Å²) >= 11 is 5.82. The van der Waals surface area contributed by atoms with Crippen molar-refractivity contribution < 1.29 is 9.66 Å². The molecule has 0 unspecified atom stereocenters. The van der Waals surface area contributed by atoms with Gasteiger partial charge in [0, 0.05) is 22.7 Å². The van der Waals surface area contributed by atoms with Crippen LogP contribution in [0.25, 0.3) is 11.1 Å². The lowest BCUT2D eigenvalue weighted by atomic mass is 10.0. The highest BCUT2D eigenvalue weighted by Crippen LogP contribution is 2.33. The number of halogens is 1. The van der Waals surface area contributed by atoms with E-state index in [1.165, 1.54) is 19.2 Å². The molecule has 0 radical (unpaired) electrons. The van der Waals surface area contributed by atoms with E-state index in [4.69, 9.17) is 16.3 Å². The quantitative estimate of drug-likeness (QED) is 0.623. The van der Waals surface area contributed by atoms with Gasteiger partial charge in [-0.1, -0.05) is 23.7 Å². The minimum absolute atomic E-state index is 0.0285. The smallest absolute Gasteiger partial charge is 0.270 e. The number of rotatable bonds is 3. The van der Waals surface area contributed by atoms with Gasteiger partial charge in [-0.25, -0.2) is 0 Å². The van der Waals surface area contributed by atoms with E-state index in [1.807, 2.05) is 0 Å². The van der Waals surface area contributed by atoms with Crippen molar-refractivity contribution in [1.82, 2.24) is 0 Å². The van der Waals surface area contributed by atoms with Gasteiger partial charge in [-0.2, -0.15) is 0 Å². The Balaban J connectivity index is 2.56. The van der Waals surface area contributed by atoms with Crippen molar-refractivity contribution in [3.8, 4) is 16.9 Å². The number of ether oxygens (including phenoxy) is 1. The van der Waals surface area contributed by atoms with Crippen LogP contribution in [0.15, 0.2) is 42.5 Å². The molecule has 0 saturated carbocycles. The average molecular weight is 264 g/mol. The number of nitro benzene ring substituents is 1. The Bertz CT molecular complexity index is 581. The van der Waals surface area contributed by atoms with Gasteiger partial charge in [-0.3, -0.25) is 10.1 Å². The molecular formula is C13H10ClNO3. The van der Waals surface area contributed by atoms with Crippen LogP contribution in [0.2, 0.25) is 5.02 Å². The summed E-state index contributed by atoms with van der Waals surface area (Å²) in [6, 6.07) is 11.5. The number of benzene rings is 2. The van der Waals surface area contributed by atoms with E-state index < -0.39 is 4.92 Å². The van der Waals surface area contributed by atoms with Crippen LogP contribution in [-0.2, 0) is 0 Å². The summed E-state index contributed by atoms with van der Waals surface area (Å²) in [6.07, 6.45) is 0. The molecule has 0 aliphatic carbocycles. The maximum atomic E-state index is 10.8. The lowest BCUT2D eigenvalue weighted by Crippen LogP contribution is -1.92. The molecule has 0 spiro atoms. The van der Waals surface area contributed by atoms with Crippen LogP contribution in [0.3, 0.4) is 0 Å². The molecule has 2 aromatic rings. The van der Waals surface area contributed by atoms with Crippen molar-refractivity contribution in [3.05, 3.63) is 57.6 Å². The van der Waals surface area contributed by atoms with E-state index in [0.717, 1.165) is 5.56 Å². The standard InChI is InChI=1S/C13H10ClNO3/c1-18-13-7-6-11(15(16)17)8-12(13)9-2-4-10(14)5-3-9/h2-8H,1H3. The van der Waals surface area contributed by atoms with E-state index in [2.05, 4.69) is 0 Å². The molecule has 0 N–H and O–H groups in total. The highest BCUT2D eigenvalue weighted by molar-refractivity contribution is 6.30. The molecule has 4 nitrogen and oxygen atoms in total. The summed E-state index contributed by atoms with van der Waals surface area (Å²) < 4.78 is 5.21. The van der Waals surface area contributed by atoms with Gasteiger partial charge in [-0.05, 0) is 23.8 Å². The highest BCUT2D eigenvalue weighted by atomic mass is 35.5. The van der Waals surface area contributed by atoms with Crippen LogP contribution in [0.4, 0.5) is 5.69 Å². The first-order valence-electron chi connectivity index (χ1n) is 5.20. The minimum atomic E-state index is -0.432. The fourth-order valence-corrected chi connectivity index (χ4v) is 1.79. The number of hydrogen-bond donors (Lipinski definition) is 0. The first-order chi connectivity index (χ1) is 8.61. The second kappa shape index (κ2) is 5.06. The van der Waals surface area contributed by atoms with Gasteiger partial charge < -0.3 is 4.74 Å². The van der Waals surface area contributed by atoms with Crippen molar-refractivity contribution in [2.24, 2.45) is 0 Å². The second-order valence-corrected chi connectivity index (χ2v) is 4.09. The van der Waals surface area contributed by atoms with Gasteiger partial charge in [0.25, 0.3) is 5.69 Å². The lowest BCUT2D eigenvalue weighted by molar-refractivity contribution is -0.384. The largest absolute Gasteiger partial charge is 0.496 e. The zero-order valence-electron chi connectivity index (χ0n) is 9.59. The van der Waals surface area contributed by atoms with E-state index in [1.54, 1.807) is 30.3 Å². The Morgan fingerprint density at radius 2 is 1.83 bits per heavy atom. The van der Waals surface area contributed by atoms with E-state index in [-0.39, 0.29) is 5.69 Å². The Hall–Kier alpha value is -2.07. The molecule has 92 valence electrons. The fourth-order valence-electron chi connectivity index (χ4n) is 1.66. The van der Waals surface area contributed by atoms with Crippen molar-refractivity contribution in [2.45, 2.75) is 0 Å². The molecule has 0 amide bonds. The molecule has 0 aliphatic heterocycles. The van der Waals surface area contributed by atoms with Crippen LogP contribution in [0.1, 0.15) is 0 Å². The number of methoxy groups -OCH3 is 1. The minimum Gasteiger partial charge on any atom is -0.496 e. The van der Waals surface area contributed by atoms with Crippen molar-refractivity contribution in [3.63, 3.8) is 0 Å². The highest BCUT2D eigenvalue weighted by Gasteiger charge is 2.12. The van der Waals surface area contributed by atoms with Crippen molar-refractivity contribution >= 4 is 17.3 Å². The molecule has 0 heterocycles. The van der Waals surface area contributed by atoms with Gasteiger partial charge in [0.2, 0.25) is 0 Å². The normalized spacial score (nSPS) is 10.1. The Morgan fingerprint density at radius 1 is 1.17 bits per heavy atom. The first kappa shape index (κ1) is 12.4. The summed E-state index contributed by atoms with van der Waals surface area (Å²) in [5, 5.41) is 11.4.